The van der Waals surface area contributed by atoms with Crippen molar-refractivity contribution in [1.82, 2.24) is 5.32 Å². The van der Waals surface area contributed by atoms with Crippen LogP contribution < -0.4 is 11.1 Å². The highest BCUT2D eigenvalue weighted by atomic mass is 32.1. The van der Waals surface area contributed by atoms with E-state index < -0.39 is 0 Å². The van der Waals surface area contributed by atoms with Gasteiger partial charge in [0.25, 0.3) is 0 Å². The van der Waals surface area contributed by atoms with E-state index in [4.69, 9.17) is 18.0 Å². The van der Waals surface area contributed by atoms with E-state index in [2.05, 4.69) is 12.2 Å². The molecule has 1 aliphatic rings. The first kappa shape index (κ1) is 11.4. The highest BCUT2D eigenvalue weighted by Gasteiger charge is 2.25. The molecule has 0 bridgehead atoms. The van der Waals surface area contributed by atoms with E-state index in [-0.39, 0.29) is 11.9 Å². The highest BCUT2D eigenvalue weighted by molar-refractivity contribution is 7.80. The van der Waals surface area contributed by atoms with Crippen molar-refractivity contribution in [2.24, 2.45) is 11.7 Å². The van der Waals surface area contributed by atoms with Crippen molar-refractivity contribution < 1.29 is 4.79 Å². The molecule has 1 atom stereocenters. The molecule has 1 aliphatic carbocycles. The molecule has 3 nitrogen and oxygen atoms in total. The van der Waals surface area contributed by atoms with Gasteiger partial charge < -0.3 is 11.1 Å². The monoisotopic (exact) mass is 214 g/mol. The normalized spacial score (nSPS) is 17.5. The lowest BCUT2D eigenvalue weighted by atomic mass is 10.1. The zero-order valence-corrected chi connectivity index (χ0v) is 9.40. The molecule has 80 valence electrons. The van der Waals surface area contributed by atoms with E-state index in [1.807, 2.05) is 0 Å². The Morgan fingerprint density at radius 1 is 1.64 bits per heavy atom. The van der Waals surface area contributed by atoms with Crippen LogP contribution in [-0.4, -0.2) is 16.9 Å². The Morgan fingerprint density at radius 2 is 2.29 bits per heavy atom. The zero-order valence-electron chi connectivity index (χ0n) is 8.58. The van der Waals surface area contributed by atoms with Gasteiger partial charge in [-0.1, -0.05) is 25.6 Å². The van der Waals surface area contributed by atoms with Gasteiger partial charge in [0.1, 0.15) is 0 Å². The smallest absolute Gasteiger partial charge is 0.220 e. The van der Waals surface area contributed by atoms with Crippen molar-refractivity contribution in [2.75, 3.05) is 0 Å². The maximum atomic E-state index is 11.5. The van der Waals surface area contributed by atoms with Crippen LogP contribution in [-0.2, 0) is 4.79 Å². The lowest BCUT2D eigenvalue weighted by molar-refractivity contribution is -0.121. The molecular weight excluding hydrogens is 196 g/mol. The third-order valence-electron chi connectivity index (χ3n) is 2.43. The van der Waals surface area contributed by atoms with E-state index in [1.54, 1.807) is 0 Å². The number of carbonyl (C=O) groups excluding carboxylic acids is 1. The van der Waals surface area contributed by atoms with Gasteiger partial charge in [0.05, 0.1) is 11.0 Å². The number of nitrogens with one attached hydrogen (secondary N) is 1. The molecule has 1 unspecified atom stereocenters. The minimum atomic E-state index is -0.110. The van der Waals surface area contributed by atoms with Crippen molar-refractivity contribution in [3.8, 4) is 0 Å². The van der Waals surface area contributed by atoms with Gasteiger partial charge in [0, 0.05) is 6.42 Å². The number of amides is 1. The Balaban J connectivity index is 2.29. The molecule has 0 aromatic carbocycles. The minimum absolute atomic E-state index is 0.0961. The second kappa shape index (κ2) is 5.29. The standard InChI is InChI=1S/C10H18N2OS/c1-2-3-8(10(11)14)12-9(13)6-7-4-5-7/h7-8H,2-6H2,1H3,(H2,11,14)(H,12,13). The summed E-state index contributed by atoms with van der Waals surface area (Å²) >= 11 is 4.89. The number of thiocarbonyl (C=S) groups is 1. The maximum absolute atomic E-state index is 11.5. The number of hydrogen-bond acceptors (Lipinski definition) is 2. The van der Waals surface area contributed by atoms with E-state index in [9.17, 15) is 4.79 Å². The third kappa shape index (κ3) is 4.05. The number of rotatable bonds is 6. The van der Waals surface area contributed by atoms with Crippen LogP contribution in [0.15, 0.2) is 0 Å². The van der Waals surface area contributed by atoms with Gasteiger partial charge in [0.2, 0.25) is 5.91 Å². The van der Waals surface area contributed by atoms with E-state index >= 15 is 0 Å². The van der Waals surface area contributed by atoms with Gasteiger partial charge in [-0.05, 0) is 25.2 Å². The fourth-order valence-corrected chi connectivity index (χ4v) is 1.59. The second-order valence-electron chi connectivity index (χ2n) is 3.96. The SMILES string of the molecule is CCCC(NC(=O)CC1CC1)C(N)=S. The molecule has 0 radical (unpaired) electrons. The third-order valence-corrected chi connectivity index (χ3v) is 2.71. The minimum Gasteiger partial charge on any atom is -0.392 e. The van der Waals surface area contributed by atoms with Crippen molar-refractivity contribution in [2.45, 2.75) is 45.1 Å². The molecule has 3 N–H and O–H groups in total. The quantitative estimate of drug-likeness (QED) is 0.656. The summed E-state index contributed by atoms with van der Waals surface area (Å²) in [5, 5.41) is 2.88. The fraction of sp³-hybridized carbons (Fsp3) is 0.800. The summed E-state index contributed by atoms with van der Waals surface area (Å²) in [6.07, 6.45) is 4.85. The summed E-state index contributed by atoms with van der Waals surface area (Å²) in [4.78, 5) is 11.9. The number of hydrogen-bond donors (Lipinski definition) is 2. The van der Waals surface area contributed by atoms with Crippen LogP contribution in [0.25, 0.3) is 0 Å². The molecule has 0 aromatic heterocycles. The van der Waals surface area contributed by atoms with Crippen molar-refractivity contribution in [3.05, 3.63) is 0 Å². The van der Waals surface area contributed by atoms with E-state index in [0.29, 0.717) is 17.3 Å². The van der Waals surface area contributed by atoms with Crippen LogP contribution in [0.5, 0.6) is 0 Å². The molecule has 4 heteroatoms. The molecule has 1 amide bonds. The molecule has 0 aliphatic heterocycles. The Labute approximate surface area is 90.4 Å². The van der Waals surface area contributed by atoms with Gasteiger partial charge in [0.15, 0.2) is 0 Å². The van der Waals surface area contributed by atoms with Gasteiger partial charge in [-0.15, -0.1) is 0 Å². The first-order chi connectivity index (χ1) is 6.63. The molecule has 14 heavy (non-hydrogen) atoms. The van der Waals surface area contributed by atoms with Gasteiger partial charge in [-0.2, -0.15) is 0 Å². The average molecular weight is 214 g/mol. The molecule has 0 spiro atoms. The lowest BCUT2D eigenvalue weighted by Gasteiger charge is -2.16. The average Bonchev–Trinajstić information content (AvgIpc) is 2.87. The molecule has 1 rings (SSSR count). The Bertz CT molecular complexity index is 226. The summed E-state index contributed by atoms with van der Waals surface area (Å²) in [7, 11) is 0. The molecule has 1 fully saturated rings. The zero-order chi connectivity index (χ0) is 10.6. The van der Waals surface area contributed by atoms with Crippen LogP contribution in [0.3, 0.4) is 0 Å². The van der Waals surface area contributed by atoms with Crippen LogP contribution in [0.4, 0.5) is 0 Å². The van der Waals surface area contributed by atoms with Gasteiger partial charge >= 0.3 is 0 Å². The predicted octanol–water partition coefficient (Wildman–Crippen LogP) is 1.36. The summed E-state index contributed by atoms with van der Waals surface area (Å²) < 4.78 is 0. The summed E-state index contributed by atoms with van der Waals surface area (Å²) in [5.74, 6) is 0.711. The molecule has 0 aromatic rings. The number of carbonyl (C=O) groups is 1. The predicted molar refractivity (Wildman–Crippen MR) is 61.0 cm³/mol. The molecule has 0 heterocycles. The van der Waals surface area contributed by atoms with Crippen molar-refractivity contribution in [1.29, 1.82) is 0 Å². The Kier molecular flexibility index (Phi) is 4.32. The largest absolute Gasteiger partial charge is 0.392 e. The molecular formula is C10H18N2OS. The Hall–Kier alpha value is -0.640. The second-order valence-corrected chi connectivity index (χ2v) is 4.43. The van der Waals surface area contributed by atoms with Crippen molar-refractivity contribution in [3.63, 3.8) is 0 Å². The van der Waals surface area contributed by atoms with Crippen LogP contribution >= 0.6 is 12.2 Å². The highest BCUT2D eigenvalue weighted by Crippen LogP contribution is 2.32. The summed E-state index contributed by atoms with van der Waals surface area (Å²) in [6.45, 7) is 2.05. The lowest BCUT2D eigenvalue weighted by Crippen LogP contribution is -2.43. The van der Waals surface area contributed by atoms with Crippen LogP contribution in [0.1, 0.15) is 39.0 Å². The Morgan fingerprint density at radius 3 is 2.71 bits per heavy atom. The maximum Gasteiger partial charge on any atom is 0.220 e. The van der Waals surface area contributed by atoms with Crippen LogP contribution in [0, 0.1) is 5.92 Å². The number of nitrogens with two attached hydrogens (primary N) is 1. The van der Waals surface area contributed by atoms with Gasteiger partial charge in [-0.3, -0.25) is 4.79 Å². The van der Waals surface area contributed by atoms with E-state index in [0.717, 1.165) is 12.8 Å². The first-order valence-electron chi connectivity index (χ1n) is 5.22. The molecule has 1 saturated carbocycles. The summed E-state index contributed by atoms with van der Waals surface area (Å²) in [6, 6.07) is -0.110. The van der Waals surface area contributed by atoms with Crippen molar-refractivity contribution >= 4 is 23.1 Å². The fourth-order valence-electron chi connectivity index (χ4n) is 1.41. The van der Waals surface area contributed by atoms with E-state index in [1.165, 1.54) is 12.8 Å². The topological polar surface area (TPSA) is 55.1 Å². The first-order valence-corrected chi connectivity index (χ1v) is 5.63. The van der Waals surface area contributed by atoms with Crippen LogP contribution in [0.2, 0.25) is 0 Å². The summed E-state index contributed by atoms with van der Waals surface area (Å²) in [5.41, 5.74) is 5.53. The van der Waals surface area contributed by atoms with Gasteiger partial charge in [-0.25, -0.2) is 0 Å². The molecule has 0 saturated heterocycles.